The third-order valence-electron chi connectivity index (χ3n) is 1.55. The van der Waals surface area contributed by atoms with Crippen LogP contribution < -0.4 is 10.0 Å². The summed E-state index contributed by atoms with van der Waals surface area (Å²) in [5, 5.41) is 2.24. The van der Waals surface area contributed by atoms with E-state index in [4.69, 9.17) is 0 Å². The Morgan fingerprint density at radius 3 is 2.07 bits per heavy atom. The number of carbonyl (C=O) groups is 1. The average Bonchev–Trinajstić information content (AvgIpc) is 1.99. The van der Waals surface area contributed by atoms with Gasteiger partial charge >= 0.3 is 0 Å². The Balaban J connectivity index is 4.08. The van der Waals surface area contributed by atoms with E-state index in [-0.39, 0.29) is 12.6 Å². The van der Waals surface area contributed by atoms with Gasteiger partial charge in [0.05, 0.1) is 11.8 Å². The highest BCUT2D eigenvalue weighted by Gasteiger charge is 2.18. The van der Waals surface area contributed by atoms with Gasteiger partial charge in [-0.15, -0.1) is 0 Å². The van der Waals surface area contributed by atoms with Crippen LogP contribution in [0.3, 0.4) is 0 Å². The molecule has 0 heterocycles. The lowest BCUT2D eigenvalue weighted by Crippen LogP contribution is -2.42. The van der Waals surface area contributed by atoms with Crippen molar-refractivity contribution in [3.05, 3.63) is 0 Å². The molecule has 0 saturated heterocycles. The van der Waals surface area contributed by atoms with Crippen LogP contribution in [0, 0.1) is 0 Å². The van der Waals surface area contributed by atoms with E-state index in [1.54, 1.807) is 0 Å². The molecule has 0 aliphatic heterocycles. The summed E-state index contributed by atoms with van der Waals surface area (Å²) in [6.45, 7) is 6.81. The Kier molecular flexibility index (Phi) is 5.07. The standard InChI is InChI=1S/C8H18N2O3S/c1-6(2)9-5-8(11)10-14(12,13)7(3)4/h6-7,9H,5H2,1-4H3,(H,10,11). The molecule has 6 heteroatoms. The summed E-state index contributed by atoms with van der Waals surface area (Å²) < 4.78 is 24.4. The van der Waals surface area contributed by atoms with Crippen molar-refractivity contribution in [2.45, 2.75) is 39.0 Å². The van der Waals surface area contributed by atoms with E-state index in [0.717, 1.165) is 0 Å². The lowest BCUT2D eigenvalue weighted by atomic mass is 10.4. The van der Waals surface area contributed by atoms with Gasteiger partial charge in [-0.2, -0.15) is 0 Å². The first-order chi connectivity index (χ1) is 6.25. The van der Waals surface area contributed by atoms with Gasteiger partial charge in [0.1, 0.15) is 0 Å². The molecule has 14 heavy (non-hydrogen) atoms. The van der Waals surface area contributed by atoms with Gasteiger partial charge in [-0.25, -0.2) is 8.42 Å². The third-order valence-corrected chi connectivity index (χ3v) is 3.30. The summed E-state index contributed by atoms with van der Waals surface area (Å²) in [4.78, 5) is 11.1. The van der Waals surface area contributed by atoms with Crippen molar-refractivity contribution in [3.8, 4) is 0 Å². The highest BCUT2D eigenvalue weighted by Crippen LogP contribution is 1.94. The summed E-state index contributed by atoms with van der Waals surface area (Å²) in [5.41, 5.74) is 0. The summed E-state index contributed by atoms with van der Waals surface area (Å²) in [5.74, 6) is -0.521. The predicted octanol–water partition coefficient (Wildman–Crippen LogP) is -0.161. The fraction of sp³-hybridized carbons (Fsp3) is 0.875. The van der Waals surface area contributed by atoms with Crippen LogP contribution in [0.2, 0.25) is 0 Å². The second kappa shape index (κ2) is 5.31. The number of hydrogen-bond acceptors (Lipinski definition) is 4. The van der Waals surface area contributed by atoms with E-state index in [2.05, 4.69) is 5.32 Å². The van der Waals surface area contributed by atoms with Crippen LogP contribution in [0.15, 0.2) is 0 Å². The summed E-state index contributed by atoms with van der Waals surface area (Å²) >= 11 is 0. The van der Waals surface area contributed by atoms with Crippen molar-refractivity contribution < 1.29 is 13.2 Å². The zero-order valence-electron chi connectivity index (χ0n) is 8.99. The lowest BCUT2D eigenvalue weighted by molar-refractivity contribution is -0.118. The zero-order chi connectivity index (χ0) is 11.4. The molecular weight excluding hydrogens is 204 g/mol. The SMILES string of the molecule is CC(C)NCC(=O)NS(=O)(=O)C(C)C. The van der Waals surface area contributed by atoms with Crippen molar-refractivity contribution >= 4 is 15.9 Å². The molecule has 0 saturated carbocycles. The van der Waals surface area contributed by atoms with E-state index in [1.807, 2.05) is 18.6 Å². The maximum absolute atomic E-state index is 11.2. The van der Waals surface area contributed by atoms with Crippen LogP contribution in [-0.4, -0.2) is 32.2 Å². The summed E-state index contributed by atoms with van der Waals surface area (Å²) in [6, 6.07) is 0.155. The lowest BCUT2D eigenvalue weighted by Gasteiger charge is -2.11. The minimum absolute atomic E-state index is 0.0175. The predicted molar refractivity (Wildman–Crippen MR) is 55.3 cm³/mol. The van der Waals surface area contributed by atoms with E-state index in [1.165, 1.54) is 13.8 Å². The van der Waals surface area contributed by atoms with Crippen LogP contribution in [0.4, 0.5) is 0 Å². The number of nitrogens with one attached hydrogen (secondary N) is 2. The van der Waals surface area contributed by atoms with Crippen LogP contribution in [0.25, 0.3) is 0 Å². The Bertz CT molecular complexity index is 283. The maximum Gasteiger partial charge on any atom is 0.247 e. The fourth-order valence-corrected chi connectivity index (χ4v) is 1.23. The number of carbonyl (C=O) groups excluding carboxylic acids is 1. The van der Waals surface area contributed by atoms with Crippen molar-refractivity contribution in [1.29, 1.82) is 0 Å². The van der Waals surface area contributed by atoms with Gasteiger partial charge in [0.25, 0.3) is 0 Å². The molecule has 1 amide bonds. The van der Waals surface area contributed by atoms with E-state index in [0.29, 0.717) is 0 Å². The van der Waals surface area contributed by atoms with Crippen LogP contribution in [-0.2, 0) is 14.8 Å². The first-order valence-electron chi connectivity index (χ1n) is 4.53. The maximum atomic E-state index is 11.2. The quantitative estimate of drug-likeness (QED) is 0.677. The average molecular weight is 222 g/mol. The molecule has 0 aromatic carbocycles. The van der Waals surface area contributed by atoms with Gasteiger partial charge in [-0.3, -0.25) is 9.52 Å². The number of sulfonamides is 1. The van der Waals surface area contributed by atoms with Gasteiger partial charge in [-0.1, -0.05) is 13.8 Å². The van der Waals surface area contributed by atoms with Crippen molar-refractivity contribution in [3.63, 3.8) is 0 Å². The minimum Gasteiger partial charge on any atom is -0.306 e. The van der Waals surface area contributed by atoms with Gasteiger partial charge in [0, 0.05) is 6.04 Å². The minimum atomic E-state index is -3.48. The molecule has 0 bridgehead atoms. The monoisotopic (exact) mass is 222 g/mol. The first-order valence-corrected chi connectivity index (χ1v) is 6.08. The molecule has 0 atom stereocenters. The summed E-state index contributed by atoms with van der Waals surface area (Å²) in [6.07, 6.45) is 0. The molecule has 0 fully saturated rings. The van der Waals surface area contributed by atoms with Crippen molar-refractivity contribution in [2.24, 2.45) is 0 Å². The smallest absolute Gasteiger partial charge is 0.247 e. The molecule has 0 rings (SSSR count). The van der Waals surface area contributed by atoms with Crippen molar-refractivity contribution in [1.82, 2.24) is 10.0 Å². The summed E-state index contributed by atoms with van der Waals surface area (Å²) in [7, 11) is -3.48. The van der Waals surface area contributed by atoms with Gasteiger partial charge in [-0.05, 0) is 13.8 Å². The molecule has 0 radical (unpaired) electrons. The Hall–Kier alpha value is -0.620. The topological polar surface area (TPSA) is 75.3 Å². The molecule has 0 aliphatic carbocycles. The second-order valence-electron chi connectivity index (χ2n) is 3.65. The molecular formula is C8H18N2O3S. The first kappa shape index (κ1) is 13.4. The zero-order valence-corrected chi connectivity index (χ0v) is 9.81. The fourth-order valence-electron chi connectivity index (χ4n) is 0.609. The van der Waals surface area contributed by atoms with Gasteiger partial charge < -0.3 is 5.32 Å². The van der Waals surface area contributed by atoms with Crippen molar-refractivity contribution in [2.75, 3.05) is 6.54 Å². The van der Waals surface area contributed by atoms with Gasteiger partial charge in [0.15, 0.2) is 0 Å². The molecule has 5 nitrogen and oxygen atoms in total. The number of amides is 1. The van der Waals surface area contributed by atoms with E-state index >= 15 is 0 Å². The number of hydrogen-bond donors (Lipinski definition) is 2. The molecule has 84 valence electrons. The molecule has 2 N–H and O–H groups in total. The normalized spacial score (nSPS) is 12.1. The van der Waals surface area contributed by atoms with E-state index < -0.39 is 21.2 Å². The highest BCUT2D eigenvalue weighted by atomic mass is 32.2. The molecule has 0 aromatic heterocycles. The Morgan fingerprint density at radius 2 is 1.71 bits per heavy atom. The Labute approximate surface area is 85.3 Å². The van der Waals surface area contributed by atoms with Crippen LogP contribution in [0.5, 0.6) is 0 Å². The van der Waals surface area contributed by atoms with Crippen LogP contribution >= 0.6 is 0 Å². The molecule has 0 spiro atoms. The molecule has 0 aliphatic rings. The molecule has 0 aromatic rings. The number of rotatable bonds is 5. The Morgan fingerprint density at radius 1 is 1.21 bits per heavy atom. The highest BCUT2D eigenvalue weighted by molar-refractivity contribution is 7.90. The second-order valence-corrected chi connectivity index (χ2v) is 5.89. The third kappa shape index (κ3) is 5.18. The largest absolute Gasteiger partial charge is 0.306 e. The van der Waals surface area contributed by atoms with E-state index in [9.17, 15) is 13.2 Å². The molecule has 0 unspecified atom stereocenters. The van der Waals surface area contributed by atoms with Crippen LogP contribution in [0.1, 0.15) is 27.7 Å². The van der Waals surface area contributed by atoms with Gasteiger partial charge in [0.2, 0.25) is 15.9 Å².